The van der Waals surface area contributed by atoms with E-state index in [0.717, 1.165) is 12.3 Å². The maximum atomic E-state index is 12.1. The fourth-order valence-electron chi connectivity index (χ4n) is 2.50. The summed E-state index contributed by atoms with van der Waals surface area (Å²) in [7, 11) is 1.67. The van der Waals surface area contributed by atoms with Crippen LogP contribution in [0.1, 0.15) is 44.6 Å². The van der Waals surface area contributed by atoms with Crippen LogP contribution >= 0.6 is 0 Å². The molecule has 0 bridgehead atoms. The summed E-state index contributed by atoms with van der Waals surface area (Å²) in [4.78, 5) is 12.1. The van der Waals surface area contributed by atoms with Crippen molar-refractivity contribution in [1.29, 1.82) is 0 Å². The number of amides is 1. The molecule has 2 rings (SSSR count). The molecule has 1 amide bonds. The first-order valence-corrected chi connectivity index (χ1v) is 7.50. The van der Waals surface area contributed by atoms with E-state index in [1.807, 2.05) is 12.1 Å². The Balaban J connectivity index is 1.97. The summed E-state index contributed by atoms with van der Waals surface area (Å²) < 4.78 is 5.19. The van der Waals surface area contributed by atoms with E-state index in [9.17, 15) is 4.79 Å². The highest BCUT2D eigenvalue weighted by Gasteiger charge is 2.33. The molecule has 0 saturated heterocycles. The lowest BCUT2D eigenvalue weighted by molar-refractivity contribution is -0.121. The summed E-state index contributed by atoms with van der Waals surface area (Å²) in [6.45, 7) is 4.99. The molecule has 1 fully saturated rings. The number of rotatable bonds is 7. The largest absolute Gasteiger partial charge is 0.497 e. The van der Waals surface area contributed by atoms with Crippen LogP contribution in [0.3, 0.4) is 0 Å². The predicted molar refractivity (Wildman–Crippen MR) is 80.9 cm³/mol. The minimum absolute atomic E-state index is 0.173. The van der Waals surface area contributed by atoms with Crippen molar-refractivity contribution >= 4 is 5.91 Å². The minimum atomic E-state index is 0.173. The SMILES string of the molecule is COc1ccc(C(CC(=O)NCC(C)C)C2CC2)cc1. The van der Waals surface area contributed by atoms with E-state index in [-0.39, 0.29) is 5.91 Å². The van der Waals surface area contributed by atoms with Crippen molar-refractivity contribution in [3.8, 4) is 5.75 Å². The smallest absolute Gasteiger partial charge is 0.220 e. The second-order valence-electron chi connectivity index (χ2n) is 6.12. The van der Waals surface area contributed by atoms with Crippen molar-refractivity contribution in [1.82, 2.24) is 5.32 Å². The van der Waals surface area contributed by atoms with Gasteiger partial charge in [-0.2, -0.15) is 0 Å². The summed E-state index contributed by atoms with van der Waals surface area (Å²) in [5.74, 6) is 2.57. The molecule has 0 radical (unpaired) electrons. The molecule has 0 aliphatic heterocycles. The number of hydrogen-bond acceptors (Lipinski definition) is 2. The van der Waals surface area contributed by atoms with Crippen LogP contribution < -0.4 is 10.1 Å². The molecule has 1 aliphatic rings. The van der Waals surface area contributed by atoms with Crippen molar-refractivity contribution in [3.05, 3.63) is 29.8 Å². The lowest BCUT2D eigenvalue weighted by Crippen LogP contribution is -2.28. The Labute approximate surface area is 121 Å². The molecule has 1 aromatic carbocycles. The van der Waals surface area contributed by atoms with Gasteiger partial charge in [-0.05, 0) is 48.3 Å². The van der Waals surface area contributed by atoms with Crippen molar-refractivity contribution in [2.24, 2.45) is 11.8 Å². The van der Waals surface area contributed by atoms with Gasteiger partial charge in [0.2, 0.25) is 5.91 Å². The fourth-order valence-corrected chi connectivity index (χ4v) is 2.50. The van der Waals surface area contributed by atoms with Crippen molar-refractivity contribution in [3.63, 3.8) is 0 Å². The molecule has 1 unspecified atom stereocenters. The molecule has 1 aromatic rings. The van der Waals surface area contributed by atoms with E-state index in [1.165, 1.54) is 18.4 Å². The minimum Gasteiger partial charge on any atom is -0.497 e. The normalized spacial score (nSPS) is 16.0. The van der Waals surface area contributed by atoms with E-state index >= 15 is 0 Å². The predicted octanol–water partition coefficient (Wildman–Crippen LogP) is 3.35. The van der Waals surface area contributed by atoms with Gasteiger partial charge in [0.15, 0.2) is 0 Å². The average Bonchev–Trinajstić information content (AvgIpc) is 3.27. The molecule has 0 heterocycles. The van der Waals surface area contributed by atoms with Gasteiger partial charge in [-0.15, -0.1) is 0 Å². The second-order valence-corrected chi connectivity index (χ2v) is 6.12. The van der Waals surface area contributed by atoms with Crippen LogP contribution in [0.25, 0.3) is 0 Å². The van der Waals surface area contributed by atoms with Gasteiger partial charge in [0.25, 0.3) is 0 Å². The number of ether oxygens (including phenoxy) is 1. The van der Waals surface area contributed by atoms with Crippen LogP contribution in [-0.2, 0) is 4.79 Å². The van der Waals surface area contributed by atoms with E-state index in [2.05, 4.69) is 31.3 Å². The number of carbonyl (C=O) groups is 1. The molecular formula is C17H25NO2. The Hall–Kier alpha value is -1.51. The summed E-state index contributed by atoms with van der Waals surface area (Å²) in [5, 5.41) is 3.02. The number of nitrogens with one attached hydrogen (secondary N) is 1. The molecular weight excluding hydrogens is 250 g/mol. The maximum Gasteiger partial charge on any atom is 0.220 e. The van der Waals surface area contributed by atoms with Crippen LogP contribution in [0.5, 0.6) is 5.75 Å². The second kappa shape index (κ2) is 6.78. The van der Waals surface area contributed by atoms with Crippen molar-refractivity contribution in [2.75, 3.05) is 13.7 Å². The summed E-state index contributed by atoms with van der Waals surface area (Å²) in [6.07, 6.45) is 3.09. The van der Waals surface area contributed by atoms with Crippen LogP contribution in [0.15, 0.2) is 24.3 Å². The third-order valence-corrected chi connectivity index (χ3v) is 3.85. The van der Waals surface area contributed by atoms with Gasteiger partial charge in [-0.25, -0.2) is 0 Å². The first kappa shape index (κ1) is 14.9. The third kappa shape index (κ3) is 4.26. The van der Waals surface area contributed by atoms with Crippen LogP contribution in [0, 0.1) is 11.8 Å². The highest BCUT2D eigenvalue weighted by Crippen LogP contribution is 2.44. The van der Waals surface area contributed by atoms with E-state index in [4.69, 9.17) is 4.74 Å². The number of methoxy groups -OCH3 is 1. The average molecular weight is 275 g/mol. The summed E-state index contributed by atoms with van der Waals surface area (Å²) in [6, 6.07) is 8.16. The Morgan fingerprint density at radius 1 is 1.30 bits per heavy atom. The Morgan fingerprint density at radius 2 is 1.95 bits per heavy atom. The molecule has 3 heteroatoms. The van der Waals surface area contributed by atoms with Crippen molar-refractivity contribution < 1.29 is 9.53 Å². The molecule has 3 nitrogen and oxygen atoms in total. The van der Waals surface area contributed by atoms with Gasteiger partial charge in [0.1, 0.15) is 5.75 Å². The van der Waals surface area contributed by atoms with E-state index in [1.54, 1.807) is 7.11 Å². The van der Waals surface area contributed by atoms with Gasteiger partial charge >= 0.3 is 0 Å². The van der Waals surface area contributed by atoms with Gasteiger partial charge in [0, 0.05) is 13.0 Å². The monoisotopic (exact) mass is 275 g/mol. The number of benzene rings is 1. The summed E-state index contributed by atoms with van der Waals surface area (Å²) in [5.41, 5.74) is 1.26. The molecule has 1 N–H and O–H groups in total. The molecule has 110 valence electrons. The Kier molecular flexibility index (Phi) is 5.05. The van der Waals surface area contributed by atoms with Gasteiger partial charge in [-0.1, -0.05) is 26.0 Å². The highest BCUT2D eigenvalue weighted by molar-refractivity contribution is 5.77. The van der Waals surface area contributed by atoms with Gasteiger partial charge in [-0.3, -0.25) is 4.79 Å². The number of carbonyl (C=O) groups excluding carboxylic acids is 1. The van der Waals surface area contributed by atoms with E-state index < -0.39 is 0 Å². The fraction of sp³-hybridized carbons (Fsp3) is 0.588. The third-order valence-electron chi connectivity index (χ3n) is 3.85. The highest BCUT2D eigenvalue weighted by atomic mass is 16.5. The maximum absolute atomic E-state index is 12.1. The molecule has 1 saturated carbocycles. The van der Waals surface area contributed by atoms with Crippen LogP contribution in [0.2, 0.25) is 0 Å². The topological polar surface area (TPSA) is 38.3 Å². The molecule has 20 heavy (non-hydrogen) atoms. The Bertz CT molecular complexity index is 435. The van der Waals surface area contributed by atoms with Crippen molar-refractivity contribution in [2.45, 2.75) is 39.0 Å². The van der Waals surface area contributed by atoms with Crippen LogP contribution in [0.4, 0.5) is 0 Å². The van der Waals surface area contributed by atoms with E-state index in [0.29, 0.717) is 24.2 Å². The lowest BCUT2D eigenvalue weighted by Gasteiger charge is -2.17. The lowest BCUT2D eigenvalue weighted by atomic mass is 9.90. The van der Waals surface area contributed by atoms with Crippen LogP contribution in [-0.4, -0.2) is 19.6 Å². The zero-order valence-corrected chi connectivity index (χ0v) is 12.7. The van der Waals surface area contributed by atoms with Gasteiger partial charge in [0.05, 0.1) is 7.11 Å². The first-order chi connectivity index (χ1) is 9.60. The Morgan fingerprint density at radius 3 is 2.45 bits per heavy atom. The zero-order chi connectivity index (χ0) is 14.5. The summed E-state index contributed by atoms with van der Waals surface area (Å²) >= 11 is 0. The molecule has 0 aromatic heterocycles. The quantitative estimate of drug-likeness (QED) is 0.828. The number of hydrogen-bond donors (Lipinski definition) is 1. The first-order valence-electron chi connectivity index (χ1n) is 7.50. The zero-order valence-electron chi connectivity index (χ0n) is 12.7. The molecule has 0 spiro atoms. The molecule has 1 atom stereocenters. The standard InChI is InChI=1S/C17H25NO2/c1-12(2)11-18-17(19)10-16(13-4-5-13)14-6-8-15(20-3)9-7-14/h6-9,12-13,16H,4-5,10-11H2,1-3H3,(H,18,19). The molecule has 1 aliphatic carbocycles. The van der Waals surface area contributed by atoms with Gasteiger partial charge < -0.3 is 10.1 Å².